The quantitative estimate of drug-likeness (QED) is 0.487. The Bertz CT molecular complexity index is 1450. The molecule has 8 heteroatoms. The van der Waals surface area contributed by atoms with Gasteiger partial charge in [0.15, 0.2) is 5.82 Å². The van der Waals surface area contributed by atoms with Gasteiger partial charge < -0.3 is 19.2 Å². The number of esters is 1. The number of benzene rings is 2. The lowest BCUT2D eigenvalue weighted by atomic mass is 9.78. The fraction of sp³-hybridized carbons (Fsp3) is 0.292. The Kier molecular flexibility index (Phi) is 3.96. The first kappa shape index (κ1) is 19.0. The van der Waals surface area contributed by atoms with Crippen molar-refractivity contribution in [2.24, 2.45) is 13.0 Å². The fourth-order valence-electron chi connectivity index (χ4n) is 5.11. The number of methoxy groups -OCH3 is 1. The molecule has 0 bridgehead atoms. The molecule has 0 radical (unpaired) electrons. The van der Waals surface area contributed by atoms with Crippen LogP contribution in [0.3, 0.4) is 0 Å². The van der Waals surface area contributed by atoms with Gasteiger partial charge in [0.25, 0.3) is 0 Å². The van der Waals surface area contributed by atoms with Crippen LogP contribution < -0.4 is 5.32 Å². The number of aryl methyl sites for hydroxylation is 1. The molecule has 1 amide bonds. The van der Waals surface area contributed by atoms with Crippen LogP contribution >= 0.6 is 0 Å². The summed E-state index contributed by atoms with van der Waals surface area (Å²) < 4.78 is 23.5. The summed E-state index contributed by atoms with van der Waals surface area (Å²) in [5.74, 6) is -0.386. The molecule has 1 aliphatic heterocycles. The number of hydrogen-bond donors (Lipinski definition) is 1. The second-order valence-corrected chi connectivity index (χ2v) is 8.58. The number of aromatic nitrogens is 3. The number of nitrogens with one attached hydrogen (secondary N) is 1. The van der Waals surface area contributed by atoms with Crippen molar-refractivity contribution >= 4 is 39.5 Å². The van der Waals surface area contributed by atoms with Crippen molar-refractivity contribution in [2.75, 3.05) is 12.4 Å². The molecule has 2 aromatic heterocycles. The van der Waals surface area contributed by atoms with E-state index in [-0.39, 0.29) is 23.4 Å². The molecular formula is C24H21FN4O3. The first-order valence-corrected chi connectivity index (χ1v) is 10.7. The molecule has 6 rings (SSSR count). The summed E-state index contributed by atoms with van der Waals surface area (Å²) >= 11 is 0. The van der Waals surface area contributed by atoms with Gasteiger partial charge in [0.2, 0.25) is 5.91 Å². The predicted molar refractivity (Wildman–Crippen MR) is 118 cm³/mol. The summed E-state index contributed by atoms with van der Waals surface area (Å²) in [4.78, 5) is 29.8. The van der Waals surface area contributed by atoms with E-state index >= 15 is 0 Å². The Hall–Kier alpha value is -3.68. The predicted octanol–water partition coefficient (Wildman–Crippen LogP) is 4.41. The highest BCUT2D eigenvalue weighted by molar-refractivity contribution is 6.08. The van der Waals surface area contributed by atoms with Crippen LogP contribution in [0.2, 0.25) is 0 Å². The Balaban J connectivity index is 1.63. The van der Waals surface area contributed by atoms with Crippen molar-refractivity contribution in [3.05, 3.63) is 47.8 Å². The average Bonchev–Trinajstić information content (AvgIpc) is 3.28. The first-order chi connectivity index (χ1) is 15.5. The van der Waals surface area contributed by atoms with E-state index < -0.39 is 11.8 Å². The maximum absolute atomic E-state index is 15.0. The number of rotatable bonds is 3. The molecule has 7 nitrogen and oxygen atoms in total. The van der Waals surface area contributed by atoms with Crippen LogP contribution in [-0.4, -0.2) is 33.1 Å². The minimum Gasteiger partial charge on any atom is -0.465 e. The number of carbonyl (C=O) groups excluding carboxylic acids is 2. The van der Waals surface area contributed by atoms with Crippen molar-refractivity contribution in [1.29, 1.82) is 0 Å². The Labute approximate surface area is 182 Å². The summed E-state index contributed by atoms with van der Waals surface area (Å²) in [5, 5.41) is 4.06. The Morgan fingerprint density at radius 2 is 2.03 bits per heavy atom. The lowest BCUT2D eigenvalue weighted by molar-refractivity contribution is -0.121. The SMILES string of the molecule is COC(=O)c1cc(F)c2c(c1)nc(-c1cc3cccc4c3n1C(C1CCC1)C(=O)N4)n2C. The summed E-state index contributed by atoms with van der Waals surface area (Å²) in [6, 6.07) is 10.2. The summed E-state index contributed by atoms with van der Waals surface area (Å²) in [6.07, 6.45) is 3.11. The van der Waals surface area contributed by atoms with E-state index in [9.17, 15) is 14.0 Å². The van der Waals surface area contributed by atoms with Crippen LogP contribution in [0.4, 0.5) is 10.1 Å². The number of ether oxygens (including phenoxy) is 1. The number of amides is 1. The Morgan fingerprint density at radius 3 is 2.75 bits per heavy atom. The van der Waals surface area contributed by atoms with Gasteiger partial charge in [-0.15, -0.1) is 0 Å². The van der Waals surface area contributed by atoms with E-state index in [0.29, 0.717) is 16.9 Å². The van der Waals surface area contributed by atoms with Crippen LogP contribution in [0.1, 0.15) is 35.7 Å². The lowest BCUT2D eigenvalue weighted by Gasteiger charge is -2.37. The van der Waals surface area contributed by atoms with Crippen molar-refractivity contribution < 1.29 is 18.7 Å². The zero-order valence-electron chi connectivity index (χ0n) is 17.7. The van der Waals surface area contributed by atoms with Crippen molar-refractivity contribution in [2.45, 2.75) is 25.3 Å². The number of anilines is 1. The number of halogens is 1. The molecule has 32 heavy (non-hydrogen) atoms. The van der Waals surface area contributed by atoms with Crippen LogP contribution in [0.25, 0.3) is 33.5 Å². The molecule has 2 aliphatic rings. The second-order valence-electron chi connectivity index (χ2n) is 8.58. The molecule has 1 atom stereocenters. The minimum absolute atomic E-state index is 0.0231. The maximum atomic E-state index is 15.0. The normalized spacial score (nSPS) is 18.1. The number of imidazole rings is 1. The van der Waals surface area contributed by atoms with Gasteiger partial charge in [-0.2, -0.15) is 0 Å². The average molecular weight is 432 g/mol. The van der Waals surface area contributed by atoms with Crippen molar-refractivity contribution in [3.63, 3.8) is 0 Å². The van der Waals surface area contributed by atoms with Gasteiger partial charge in [0.05, 0.1) is 35.1 Å². The van der Waals surface area contributed by atoms with Gasteiger partial charge in [0.1, 0.15) is 17.4 Å². The van der Waals surface area contributed by atoms with E-state index in [1.807, 2.05) is 24.3 Å². The number of hydrogen-bond acceptors (Lipinski definition) is 4. The van der Waals surface area contributed by atoms with Crippen LogP contribution in [0.15, 0.2) is 36.4 Å². The fourth-order valence-corrected chi connectivity index (χ4v) is 5.11. The number of carbonyl (C=O) groups is 2. The van der Waals surface area contributed by atoms with Gasteiger partial charge in [-0.1, -0.05) is 18.6 Å². The molecule has 3 heterocycles. The molecular weight excluding hydrogens is 411 g/mol. The highest BCUT2D eigenvalue weighted by Gasteiger charge is 2.39. The first-order valence-electron chi connectivity index (χ1n) is 10.7. The molecule has 1 N–H and O–H groups in total. The maximum Gasteiger partial charge on any atom is 0.338 e. The Morgan fingerprint density at radius 1 is 1.22 bits per heavy atom. The minimum atomic E-state index is -0.618. The number of nitrogens with zero attached hydrogens (tertiary/aromatic N) is 3. The van der Waals surface area contributed by atoms with E-state index in [4.69, 9.17) is 9.72 Å². The third-order valence-corrected chi connectivity index (χ3v) is 6.83. The van der Waals surface area contributed by atoms with E-state index in [1.165, 1.54) is 19.2 Å². The van der Waals surface area contributed by atoms with Gasteiger partial charge >= 0.3 is 5.97 Å². The number of fused-ring (bicyclic) bond motifs is 1. The van der Waals surface area contributed by atoms with E-state index in [0.717, 1.165) is 41.5 Å². The summed E-state index contributed by atoms with van der Waals surface area (Å²) in [7, 11) is 3.01. The van der Waals surface area contributed by atoms with Gasteiger partial charge in [0, 0.05) is 12.4 Å². The zero-order valence-corrected chi connectivity index (χ0v) is 17.7. The van der Waals surface area contributed by atoms with Gasteiger partial charge in [-0.05, 0) is 43.0 Å². The highest BCUT2D eigenvalue weighted by atomic mass is 19.1. The van der Waals surface area contributed by atoms with Gasteiger partial charge in [-0.3, -0.25) is 4.79 Å². The van der Waals surface area contributed by atoms with Crippen molar-refractivity contribution in [1.82, 2.24) is 14.1 Å². The van der Waals surface area contributed by atoms with Crippen LogP contribution in [0, 0.1) is 11.7 Å². The molecule has 4 aromatic rings. The third-order valence-electron chi connectivity index (χ3n) is 6.83. The molecule has 0 saturated heterocycles. The molecule has 1 aliphatic carbocycles. The lowest BCUT2D eigenvalue weighted by Crippen LogP contribution is -2.38. The van der Waals surface area contributed by atoms with Gasteiger partial charge in [-0.25, -0.2) is 14.2 Å². The standard InChI is InChI=1S/C24H21FN4O3/c1-28-21-15(25)9-14(24(31)32-2)10-17(21)26-22(28)18-11-13-7-4-8-16-19(13)29(18)20(23(30)27-16)12-5-3-6-12/h4,7-12,20H,3,5-6H2,1-2H3,(H,27,30). The molecule has 0 spiro atoms. The summed E-state index contributed by atoms with van der Waals surface area (Å²) in [5.41, 5.74) is 3.26. The highest BCUT2D eigenvalue weighted by Crippen LogP contribution is 2.46. The van der Waals surface area contributed by atoms with Crippen molar-refractivity contribution in [3.8, 4) is 11.5 Å². The molecule has 162 valence electrons. The largest absolute Gasteiger partial charge is 0.465 e. The second kappa shape index (κ2) is 6.66. The topological polar surface area (TPSA) is 78.2 Å². The molecule has 1 saturated carbocycles. The smallest absolute Gasteiger partial charge is 0.338 e. The third kappa shape index (κ3) is 2.49. The summed E-state index contributed by atoms with van der Waals surface area (Å²) in [6.45, 7) is 0. The van der Waals surface area contributed by atoms with Crippen LogP contribution in [-0.2, 0) is 16.6 Å². The molecule has 1 fully saturated rings. The molecule has 1 unspecified atom stereocenters. The molecule has 2 aromatic carbocycles. The number of para-hydroxylation sites is 1. The van der Waals surface area contributed by atoms with E-state index in [2.05, 4.69) is 9.88 Å². The monoisotopic (exact) mass is 432 g/mol. The van der Waals surface area contributed by atoms with E-state index in [1.54, 1.807) is 11.6 Å². The zero-order chi connectivity index (χ0) is 22.1. The van der Waals surface area contributed by atoms with Crippen LogP contribution in [0.5, 0.6) is 0 Å².